The van der Waals surface area contributed by atoms with Crippen LogP contribution in [0.25, 0.3) is 0 Å². The third-order valence-electron chi connectivity index (χ3n) is 2.94. The molecule has 0 saturated heterocycles. The van der Waals surface area contributed by atoms with Crippen molar-refractivity contribution in [3.8, 4) is 5.75 Å². The molecular weight excluding hydrogens is 308 g/mol. The van der Waals surface area contributed by atoms with Gasteiger partial charge in [0.1, 0.15) is 11.4 Å². The number of hydrazone groups is 1. The Labute approximate surface area is 130 Å². The predicted octanol–water partition coefficient (Wildman–Crippen LogP) is 4.03. The molecule has 8 heteroatoms. The number of nitro groups is 1. The van der Waals surface area contributed by atoms with Crippen molar-refractivity contribution in [1.29, 1.82) is 0 Å². The average molecular weight is 321 g/mol. The van der Waals surface area contributed by atoms with Crippen LogP contribution in [-0.2, 0) is 0 Å². The predicted molar refractivity (Wildman–Crippen MR) is 82.0 cm³/mol. The van der Waals surface area contributed by atoms with Crippen LogP contribution in [0.4, 0.5) is 20.2 Å². The van der Waals surface area contributed by atoms with Crippen molar-refractivity contribution in [2.75, 3.05) is 5.43 Å². The summed E-state index contributed by atoms with van der Waals surface area (Å²) in [5.74, 6) is 0.0446. The van der Waals surface area contributed by atoms with Crippen LogP contribution in [0, 0.1) is 10.1 Å². The molecule has 0 unspecified atom stereocenters. The number of hydrogen-bond donors (Lipinski definition) is 1. The largest absolute Gasteiger partial charge is 0.435 e. The van der Waals surface area contributed by atoms with Crippen LogP contribution in [0.5, 0.6) is 5.75 Å². The van der Waals surface area contributed by atoms with Crippen molar-refractivity contribution in [3.63, 3.8) is 0 Å². The van der Waals surface area contributed by atoms with Gasteiger partial charge in [-0.3, -0.25) is 15.5 Å². The molecule has 0 aliphatic heterocycles. The first-order valence-electron chi connectivity index (χ1n) is 6.56. The minimum atomic E-state index is -2.88. The molecule has 0 spiro atoms. The van der Waals surface area contributed by atoms with Gasteiger partial charge in [0, 0.05) is 6.07 Å². The van der Waals surface area contributed by atoms with Crippen LogP contribution in [0.1, 0.15) is 12.5 Å². The van der Waals surface area contributed by atoms with E-state index >= 15 is 0 Å². The molecule has 0 radical (unpaired) electrons. The fraction of sp³-hybridized carbons (Fsp3) is 0.133. The number of halogens is 2. The van der Waals surface area contributed by atoms with Crippen LogP contribution in [0.3, 0.4) is 0 Å². The third kappa shape index (κ3) is 4.47. The van der Waals surface area contributed by atoms with Crippen LogP contribution in [0.15, 0.2) is 53.6 Å². The fourth-order valence-electron chi connectivity index (χ4n) is 1.81. The van der Waals surface area contributed by atoms with Gasteiger partial charge in [-0.25, -0.2) is 0 Å². The Balaban J connectivity index is 2.13. The highest BCUT2D eigenvalue weighted by Crippen LogP contribution is 2.23. The van der Waals surface area contributed by atoms with E-state index in [9.17, 15) is 18.9 Å². The number of alkyl halides is 2. The summed E-state index contributed by atoms with van der Waals surface area (Å²) in [6, 6.07) is 12.0. The Morgan fingerprint density at radius 3 is 2.48 bits per heavy atom. The monoisotopic (exact) mass is 321 g/mol. The number of rotatable bonds is 6. The topological polar surface area (TPSA) is 76.8 Å². The van der Waals surface area contributed by atoms with E-state index in [1.165, 1.54) is 24.3 Å². The number of nitrogens with one attached hydrogen (secondary N) is 1. The van der Waals surface area contributed by atoms with Gasteiger partial charge < -0.3 is 4.74 Å². The normalized spacial score (nSPS) is 11.4. The Hall–Kier alpha value is -3.03. The highest BCUT2D eigenvalue weighted by atomic mass is 19.3. The van der Waals surface area contributed by atoms with Gasteiger partial charge in [-0.1, -0.05) is 12.1 Å². The maximum absolute atomic E-state index is 12.1. The van der Waals surface area contributed by atoms with E-state index in [0.29, 0.717) is 11.3 Å². The van der Waals surface area contributed by atoms with Crippen molar-refractivity contribution in [2.24, 2.45) is 5.10 Å². The lowest BCUT2D eigenvalue weighted by atomic mass is 10.1. The Bertz CT molecular complexity index is 718. The number of nitrogens with zero attached hydrogens (tertiary/aromatic N) is 2. The van der Waals surface area contributed by atoms with Gasteiger partial charge in [-0.2, -0.15) is 13.9 Å². The minimum absolute atomic E-state index is 0.0446. The number of para-hydroxylation sites is 2. The lowest BCUT2D eigenvalue weighted by Gasteiger charge is -2.06. The van der Waals surface area contributed by atoms with Crippen molar-refractivity contribution in [2.45, 2.75) is 13.5 Å². The first kappa shape index (κ1) is 16.3. The van der Waals surface area contributed by atoms with Crippen molar-refractivity contribution >= 4 is 17.1 Å². The molecule has 0 amide bonds. The lowest BCUT2D eigenvalue weighted by Crippen LogP contribution is -2.03. The van der Waals surface area contributed by atoms with E-state index in [2.05, 4.69) is 15.3 Å². The summed E-state index contributed by atoms with van der Waals surface area (Å²) in [6.07, 6.45) is 0. The van der Waals surface area contributed by atoms with Gasteiger partial charge in [-0.05, 0) is 42.8 Å². The quantitative estimate of drug-likeness (QED) is 0.495. The summed E-state index contributed by atoms with van der Waals surface area (Å²) in [4.78, 5) is 10.4. The molecule has 2 aromatic carbocycles. The molecule has 0 saturated carbocycles. The van der Waals surface area contributed by atoms with Gasteiger partial charge in [0.05, 0.1) is 10.6 Å². The zero-order chi connectivity index (χ0) is 16.8. The van der Waals surface area contributed by atoms with Gasteiger partial charge >= 0.3 is 6.61 Å². The summed E-state index contributed by atoms with van der Waals surface area (Å²) in [6.45, 7) is -1.19. The van der Waals surface area contributed by atoms with Crippen molar-refractivity contribution in [3.05, 3.63) is 64.2 Å². The molecule has 0 aliphatic rings. The van der Waals surface area contributed by atoms with Crippen LogP contribution in [0.2, 0.25) is 0 Å². The number of hydrogen-bond acceptors (Lipinski definition) is 5. The molecule has 0 atom stereocenters. The van der Waals surface area contributed by atoms with E-state index in [1.54, 1.807) is 31.2 Å². The Morgan fingerprint density at radius 1 is 1.22 bits per heavy atom. The minimum Gasteiger partial charge on any atom is -0.435 e. The number of nitro benzene ring substituents is 1. The standard InChI is InChI=1S/C15H13F2N3O3/c1-10(11-6-8-12(9-7-11)23-15(16)17)18-19-13-4-2-3-5-14(13)20(21)22/h2-9,15,19H,1H3/b18-10-. The Morgan fingerprint density at radius 2 is 1.87 bits per heavy atom. The van der Waals surface area contributed by atoms with E-state index in [1.807, 2.05) is 0 Å². The molecule has 0 bridgehead atoms. The second-order valence-electron chi connectivity index (χ2n) is 4.49. The third-order valence-corrected chi connectivity index (χ3v) is 2.94. The van der Waals surface area contributed by atoms with Gasteiger partial charge in [0.25, 0.3) is 5.69 Å². The van der Waals surface area contributed by atoms with E-state index < -0.39 is 11.5 Å². The second kappa shape index (κ2) is 7.30. The van der Waals surface area contributed by atoms with Gasteiger partial charge in [-0.15, -0.1) is 0 Å². The number of ether oxygens (including phenoxy) is 1. The molecular formula is C15H13F2N3O3. The molecule has 0 aliphatic carbocycles. The molecule has 6 nitrogen and oxygen atoms in total. The van der Waals surface area contributed by atoms with Crippen LogP contribution >= 0.6 is 0 Å². The average Bonchev–Trinajstić information content (AvgIpc) is 2.53. The zero-order valence-electron chi connectivity index (χ0n) is 12.1. The highest BCUT2D eigenvalue weighted by molar-refractivity contribution is 5.99. The number of benzene rings is 2. The highest BCUT2D eigenvalue weighted by Gasteiger charge is 2.11. The van der Waals surface area contributed by atoms with Gasteiger partial charge in [0.15, 0.2) is 0 Å². The maximum Gasteiger partial charge on any atom is 0.387 e. The molecule has 1 N–H and O–H groups in total. The molecule has 23 heavy (non-hydrogen) atoms. The van der Waals surface area contributed by atoms with Crippen LogP contribution < -0.4 is 10.2 Å². The van der Waals surface area contributed by atoms with E-state index in [-0.39, 0.29) is 17.1 Å². The number of anilines is 1. The zero-order valence-corrected chi connectivity index (χ0v) is 12.1. The first-order valence-corrected chi connectivity index (χ1v) is 6.56. The van der Waals surface area contributed by atoms with E-state index in [4.69, 9.17) is 0 Å². The molecule has 2 rings (SSSR count). The van der Waals surface area contributed by atoms with Gasteiger partial charge in [0.2, 0.25) is 0 Å². The summed E-state index contributed by atoms with van der Waals surface area (Å²) in [7, 11) is 0. The molecule has 2 aromatic rings. The summed E-state index contributed by atoms with van der Waals surface area (Å²) < 4.78 is 28.4. The Kier molecular flexibility index (Phi) is 5.19. The SMILES string of the molecule is C/C(=N/Nc1ccccc1[N+](=O)[O-])c1ccc(OC(F)F)cc1. The van der Waals surface area contributed by atoms with Crippen LogP contribution in [-0.4, -0.2) is 17.2 Å². The summed E-state index contributed by atoms with van der Waals surface area (Å²) >= 11 is 0. The smallest absolute Gasteiger partial charge is 0.387 e. The summed E-state index contributed by atoms with van der Waals surface area (Å²) in [5.41, 5.74) is 4.00. The molecule has 0 heterocycles. The van der Waals surface area contributed by atoms with E-state index in [0.717, 1.165) is 0 Å². The molecule has 0 aromatic heterocycles. The molecule has 120 valence electrons. The second-order valence-corrected chi connectivity index (χ2v) is 4.49. The summed E-state index contributed by atoms with van der Waals surface area (Å²) in [5, 5.41) is 15.0. The lowest BCUT2D eigenvalue weighted by molar-refractivity contribution is -0.384. The molecule has 0 fully saturated rings. The maximum atomic E-state index is 12.1. The first-order chi connectivity index (χ1) is 11.0. The fourth-order valence-corrected chi connectivity index (χ4v) is 1.81. The van der Waals surface area contributed by atoms with Crippen molar-refractivity contribution in [1.82, 2.24) is 0 Å². The van der Waals surface area contributed by atoms with Crippen molar-refractivity contribution < 1.29 is 18.4 Å².